The van der Waals surface area contributed by atoms with Crippen LogP contribution in [0.3, 0.4) is 0 Å². The molecule has 1 saturated heterocycles. The minimum atomic E-state index is -1.20. The molecule has 206 valence electrons. The second-order valence-corrected chi connectivity index (χ2v) is 9.25. The summed E-state index contributed by atoms with van der Waals surface area (Å²) in [7, 11) is 0. The molecule has 0 amide bonds. The summed E-state index contributed by atoms with van der Waals surface area (Å²) in [6.07, 6.45) is -4.47. The first kappa shape index (κ1) is 28.4. The lowest BCUT2D eigenvalue weighted by molar-refractivity contribution is -0.312. The van der Waals surface area contributed by atoms with Crippen molar-refractivity contribution in [3.63, 3.8) is 0 Å². The Morgan fingerprint density at radius 1 is 0.615 bits per heavy atom. The van der Waals surface area contributed by atoms with Crippen LogP contribution >= 0.6 is 0 Å². The summed E-state index contributed by atoms with van der Waals surface area (Å²) >= 11 is 0. The molecule has 8 nitrogen and oxygen atoms in total. The number of ether oxygens (including phenoxy) is 6. The van der Waals surface area contributed by atoms with E-state index < -0.39 is 42.6 Å². The third-order valence-corrected chi connectivity index (χ3v) is 6.14. The van der Waals surface area contributed by atoms with Gasteiger partial charge in [-0.25, -0.2) is 0 Å². The van der Waals surface area contributed by atoms with E-state index in [1.54, 1.807) is 0 Å². The minimum absolute atomic E-state index is 0.129. The quantitative estimate of drug-likeness (QED) is 0.312. The van der Waals surface area contributed by atoms with Crippen LogP contribution in [0, 0.1) is 0 Å². The van der Waals surface area contributed by atoms with Crippen LogP contribution in [0.4, 0.5) is 0 Å². The van der Waals surface area contributed by atoms with Gasteiger partial charge in [0.1, 0.15) is 18.3 Å². The van der Waals surface area contributed by atoms with Gasteiger partial charge in [0, 0.05) is 13.8 Å². The number of carbonyl (C=O) groups excluding carboxylic acids is 2. The molecule has 8 heteroatoms. The molecule has 1 heterocycles. The van der Waals surface area contributed by atoms with Gasteiger partial charge >= 0.3 is 11.9 Å². The molecule has 39 heavy (non-hydrogen) atoms. The Labute approximate surface area is 228 Å². The van der Waals surface area contributed by atoms with E-state index in [9.17, 15) is 9.59 Å². The van der Waals surface area contributed by atoms with Gasteiger partial charge < -0.3 is 28.4 Å². The van der Waals surface area contributed by atoms with Gasteiger partial charge in [0.05, 0.1) is 26.4 Å². The van der Waals surface area contributed by atoms with Crippen LogP contribution in [0.5, 0.6) is 0 Å². The Balaban J connectivity index is 1.60. The Bertz CT molecular complexity index is 1150. The van der Waals surface area contributed by atoms with Gasteiger partial charge in [0.2, 0.25) is 6.29 Å². The molecule has 0 unspecified atom stereocenters. The van der Waals surface area contributed by atoms with Gasteiger partial charge in [-0.05, 0) is 16.7 Å². The molecule has 1 fully saturated rings. The number of hydrogen-bond donors (Lipinski definition) is 0. The van der Waals surface area contributed by atoms with Gasteiger partial charge in [0.25, 0.3) is 0 Å². The van der Waals surface area contributed by atoms with E-state index in [4.69, 9.17) is 28.4 Å². The molecule has 3 aromatic rings. The lowest BCUT2D eigenvalue weighted by Crippen LogP contribution is -2.62. The van der Waals surface area contributed by atoms with Gasteiger partial charge in [-0.2, -0.15) is 0 Å². The molecular formula is C31H34O8. The maximum atomic E-state index is 12.1. The summed E-state index contributed by atoms with van der Waals surface area (Å²) in [5, 5.41) is 0. The van der Waals surface area contributed by atoms with Crippen molar-refractivity contribution in [3.8, 4) is 0 Å². The fourth-order valence-electron chi connectivity index (χ4n) is 4.38. The van der Waals surface area contributed by atoms with Crippen LogP contribution in [0.2, 0.25) is 0 Å². The first-order chi connectivity index (χ1) is 19.0. The number of carbonyl (C=O) groups is 2. The number of esters is 2. The van der Waals surface area contributed by atoms with Crippen LogP contribution < -0.4 is 0 Å². The van der Waals surface area contributed by atoms with Gasteiger partial charge in [-0.3, -0.25) is 9.59 Å². The third-order valence-electron chi connectivity index (χ3n) is 6.14. The molecule has 0 N–H and O–H groups in total. The predicted octanol–water partition coefficient (Wildman–Crippen LogP) is 4.59. The Morgan fingerprint density at radius 3 is 1.56 bits per heavy atom. The summed E-state index contributed by atoms with van der Waals surface area (Å²) in [5.41, 5.74) is 2.88. The van der Waals surface area contributed by atoms with E-state index in [0.717, 1.165) is 16.7 Å². The van der Waals surface area contributed by atoms with Crippen molar-refractivity contribution < 1.29 is 38.0 Å². The lowest BCUT2D eigenvalue weighted by atomic mass is 9.98. The molecule has 1 aliphatic rings. The Morgan fingerprint density at radius 2 is 1.08 bits per heavy atom. The predicted molar refractivity (Wildman–Crippen MR) is 142 cm³/mol. The van der Waals surface area contributed by atoms with Crippen molar-refractivity contribution in [2.75, 3.05) is 6.61 Å². The molecule has 4 rings (SSSR count). The second-order valence-electron chi connectivity index (χ2n) is 9.25. The van der Waals surface area contributed by atoms with Crippen LogP contribution in [0.25, 0.3) is 0 Å². The molecule has 0 spiro atoms. The Kier molecular flexibility index (Phi) is 10.6. The van der Waals surface area contributed by atoms with Gasteiger partial charge in [-0.15, -0.1) is 0 Å². The van der Waals surface area contributed by atoms with E-state index in [1.165, 1.54) is 13.8 Å². The fourth-order valence-corrected chi connectivity index (χ4v) is 4.38. The normalized spacial score (nSPS) is 22.7. The van der Waals surface area contributed by atoms with Crippen LogP contribution in [0.1, 0.15) is 30.5 Å². The molecule has 0 aliphatic carbocycles. The molecule has 1 aliphatic heterocycles. The van der Waals surface area contributed by atoms with Crippen molar-refractivity contribution >= 4 is 11.9 Å². The van der Waals surface area contributed by atoms with Crippen LogP contribution in [-0.4, -0.2) is 49.3 Å². The third kappa shape index (κ3) is 8.73. The summed E-state index contributed by atoms with van der Waals surface area (Å²) in [6.45, 7) is 3.53. The lowest BCUT2D eigenvalue weighted by Gasteiger charge is -2.44. The number of rotatable bonds is 12. The first-order valence-electron chi connectivity index (χ1n) is 12.9. The minimum Gasteiger partial charge on any atom is -0.453 e. The smallest absolute Gasteiger partial charge is 0.305 e. The highest BCUT2D eigenvalue weighted by Crippen LogP contribution is 2.31. The first-order valence-corrected chi connectivity index (χ1v) is 12.9. The Hall–Kier alpha value is -3.56. The number of benzene rings is 3. The van der Waals surface area contributed by atoms with Crippen molar-refractivity contribution in [2.24, 2.45) is 0 Å². The highest BCUT2D eigenvalue weighted by atomic mass is 16.7. The summed E-state index contributed by atoms with van der Waals surface area (Å²) in [4.78, 5) is 24.1. The SMILES string of the molecule is CC(=O)O[C@H]1O[C@H](COCc2ccccc2)[C@H](OCc2ccccc2)[C@H](OCc2ccccc2)[C@H]1OC(C)=O. The average Bonchev–Trinajstić information content (AvgIpc) is 2.94. The molecule has 3 aromatic carbocycles. The van der Waals surface area contributed by atoms with E-state index in [1.807, 2.05) is 91.0 Å². The van der Waals surface area contributed by atoms with Crippen molar-refractivity contribution in [2.45, 2.75) is 64.4 Å². The zero-order chi connectivity index (χ0) is 27.5. The highest BCUT2D eigenvalue weighted by molar-refractivity contribution is 5.67. The summed E-state index contributed by atoms with van der Waals surface area (Å²) in [6, 6.07) is 29.1. The number of hydrogen-bond acceptors (Lipinski definition) is 8. The van der Waals surface area contributed by atoms with E-state index in [0.29, 0.717) is 6.61 Å². The maximum absolute atomic E-state index is 12.1. The van der Waals surface area contributed by atoms with E-state index in [-0.39, 0.29) is 19.8 Å². The maximum Gasteiger partial charge on any atom is 0.305 e. The zero-order valence-electron chi connectivity index (χ0n) is 22.1. The van der Waals surface area contributed by atoms with Gasteiger partial charge in [-0.1, -0.05) is 91.0 Å². The molecule has 0 aromatic heterocycles. The molecule has 0 saturated carbocycles. The van der Waals surface area contributed by atoms with Crippen LogP contribution in [-0.2, 0) is 57.8 Å². The molecule has 0 bridgehead atoms. The standard InChI is InChI=1S/C31H34O8/c1-22(32)37-30-29(36-20-26-16-10-5-11-17-26)28(35-19-25-14-8-4-9-15-25)27(39-31(30)38-23(2)33)21-34-18-24-12-6-3-7-13-24/h3-17,27-31H,18-21H2,1-2H3/t27-,28+,29+,30-,31+/m1/s1. The van der Waals surface area contributed by atoms with E-state index >= 15 is 0 Å². The average molecular weight is 535 g/mol. The van der Waals surface area contributed by atoms with Crippen molar-refractivity contribution in [1.29, 1.82) is 0 Å². The summed E-state index contributed by atoms with van der Waals surface area (Å²) < 4.78 is 36.0. The topological polar surface area (TPSA) is 89.5 Å². The van der Waals surface area contributed by atoms with E-state index in [2.05, 4.69) is 0 Å². The second kappa shape index (κ2) is 14.6. The highest BCUT2D eigenvalue weighted by Gasteiger charge is 2.51. The summed E-state index contributed by atoms with van der Waals surface area (Å²) in [5.74, 6) is -1.14. The molecular weight excluding hydrogens is 500 g/mol. The monoisotopic (exact) mass is 534 g/mol. The van der Waals surface area contributed by atoms with Crippen molar-refractivity contribution in [3.05, 3.63) is 108 Å². The van der Waals surface area contributed by atoms with Crippen LogP contribution in [0.15, 0.2) is 91.0 Å². The zero-order valence-corrected chi connectivity index (χ0v) is 22.1. The van der Waals surface area contributed by atoms with Gasteiger partial charge in [0.15, 0.2) is 6.10 Å². The van der Waals surface area contributed by atoms with Crippen molar-refractivity contribution in [1.82, 2.24) is 0 Å². The largest absolute Gasteiger partial charge is 0.453 e. The molecule has 0 radical (unpaired) electrons. The fraction of sp³-hybridized carbons (Fsp3) is 0.355. The molecule has 5 atom stereocenters.